The van der Waals surface area contributed by atoms with Gasteiger partial charge in [0.1, 0.15) is 0 Å². The van der Waals surface area contributed by atoms with Crippen LogP contribution in [0.4, 0.5) is 17.1 Å². The molecule has 0 unspecified atom stereocenters. The van der Waals surface area contributed by atoms with Gasteiger partial charge in [0.15, 0.2) is 0 Å². The first-order chi connectivity index (χ1) is 9.16. The number of carbonyl (C=O) groups excluding carboxylic acids is 1. The molecule has 1 amide bonds. The van der Waals surface area contributed by atoms with Crippen LogP contribution in [-0.2, 0) is 4.79 Å². The minimum Gasteiger partial charge on any atom is -0.374 e. The molecule has 0 atom stereocenters. The molecule has 1 aliphatic heterocycles. The molecule has 0 saturated heterocycles. The molecular formula is C15H13BrN2O. The lowest BCUT2D eigenvalue weighted by Crippen LogP contribution is -2.36. The molecule has 0 radical (unpaired) electrons. The summed E-state index contributed by atoms with van der Waals surface area (Å²) < 4.78 is 0.998. The number of benzene rings is 2. The predicted octanol–water partition coefficient (Wildman–Crippen LogP) is 3.85. The summed E-state index contributed by atoms with van der Waals surface area (Å²) in [5.41, 5.74) is 3.90. The van der Waals surface area contributed by atoms with Crippen molar-refractivity contribution < 1.29 is 4.79 Å². The average molecular weight is 317 g/mol. The van der Waals surface area contributed by atoms with Gasteiger partial charge in [0.05, 0.1) is 23.6 Å². The van der Waals surface area contributed by atoms with Gasteiger partial charge in [-0.3, -0.25) is 9.69 Å². The van der Waals surface area contributed by atoms with Crippen molar-refractivity contribution in [1.29, 1.82) is 0 Å². The zero-order valence-corrected chi connectivity index (χ0v) is 12.1. The van der Waals surface area contributed by atoms with Gasteiger partial charge in [-0.05, 0) is 36.8 Å². The number of hydrogen-bond donors (Lipinski definition) is 1. The van der Waals surface area contributed by atoms with Gasteiger partial charge in [-0.25, -0.2) is 0 Å². The van der Waals surface area contributed by atoms with Crippen molar-refractivity contribution in [3.8, 4) is 0 Å². The van der Waals surface area contributed by atoms with Crippen LogP contribution in [0.25, 0.3) is 0 Å². The molecule has 2 aromatic rings. The first-order valence-electron chi connectivity index (χ1n) is 6.09. The number of amides is 1. The van der Waals surface area contributed by atoms with Crippen LogP contribution in [-0.4, -0.2) is 12.5 Å². The molecule has 0 spiro atoms. The van der Waals surface area contributed by atoms with Crippen LogP contribution < -0.4 is 10.2 Å². The van der Waals surface area contributed by atoms with Gasteiger partial charge in [-0.15, -0.1) is 0 Å². The van der Waals surface area contributed by atoms with Gasteiger partial charge in [-0.2, -0.15) is 0 Å². The van der Waals surface area contributed by atoms with Crippen LogP contribution in [0.5, 0.6) is 0 Å². The molecule has 0 aliphatic carbocycles. The summed E-state index contributed by atoms with van der Waals surface area (Å²) in [5.74, 6) is 0.0594. The van der Waals surface area contributed by atoms with Gasteiger partial charge in [0.25, 0.3) is 5.91 Å². The van der Waals surface area contributed by atoms with Crippen LogP contribution in [0.15, 0.2) is 46.9 Å². The summed E-state index contributed by atoms with van der Waals surface area (Å²) in [4.78, 5) is 14.0. The smallest absolute Gasteiger partial charge is 0.250 e. The Morgan fingerprint density at radius 2 is 1.95 bits per heavy atom. The summed E-state index contributed by atoms with van der Waals surface area (Å²) in [6, 6.07) is 13.8. The van der Waals surface area contributed by atoms with E-state index in [1.54, 1.807) is 4.90 Å². The van der Waals surface area contributed by atoms with E-state index in [4.69, 9.17) is 0 Å². The molecule has 1 N–H and O–H groups in total. The molecule has 96 valence electrons. The monoisotopic (exact) mass is 316 g/mol. The Balaban J connectivity index is 2.17. The van der Waals surface area contributed by atoms with Gasteiger partial charge in [-0.1, -0.05) is 34.1 Å². The van der Waals surface area contributed by atoms with E-state index in [2.05, 4.69) is 21.2 Å². The maximum Gasteiger partial charge on any atom is 0.250 e. The van der Waals surface area contributed by atoms with Gasteiger partial charge in [0.2, 0.25) is 0 Å². The molecule has 4 heteroatoms. The fraction of sp³-hybridized carbons (Fsp3) is 0.133. The summed E-state index contributed by atoms with van der Waals surface area (Å²) in [5, 5.41) is 3.15. The third-order valence-electron chi connectivity index (χ3n) is 3.24. The van der Waals surface area contributed by atoms with Crippen molar-refractivity contribution in [2.75, 3.05) is 16.8 Å². The largest absolute Gasteiger partial charge is 0.374 e. The van der Waals surface area contributed by atoms with Crippen LogP contribution in [0.2, 0.25) is 0 Å². The Labute approximate surface area is 120 Å². The SMILES string of the molecule is Cc1ccccc1N1C(=O)CNc2cc(Br)ccc21. The van der Waals surface area contributed by atoms with E-state index < -0.39 is 0 Å². The lowest BCUT2D eigenvalue weighted by Gasteiger charge is -2.31. The number of fused-ring (bicyclic) bond motifs is 1. The molecule has 1 heterocycles. The van der Waals surface area contributed by atoms with Gasteiger partial charge < -0.3 is 5.32 Å². The van der Waals surface area contributed by atoms with Crippen molar-refractivity contribution in [3.05, 3.63) is 52.5 Å². The third kappa shape index (κ3) is 2.12. The normalized spacial score (nSPS) is 14.0. The zero-order chi connectivity index (χ0) is 13.4. The van der Waals surface area contributed by atoms with Crippen LogP contribution in [0.1, 0.15) is 5.56 Å². The summed E-state index contributed by atoms with van der Waals surface area (Å²) >= 11 is 3.45. The fourth-order valence-electron chi connectivity index (χ4n) is 2.31. The van der Waals surface area contributed by atoms with E-state index in [0.717, 1.165) is 27.1 Å². The van der Waals surface area contributed by atoms with E-state index in [1.165, 1.54) is 0 Å². The maximum atomic E-state index is 12.2. The summed E-state index contributed by atoms with van der Waals surface area (Å²) in [6.45, 7) is 2.33. The molecule has 2 aromatic carbocycles. The second-order valence-corrected chi connectivity index (χ2v) is 5.45. The predicted molar refractivity (Wildman–Crippen MR) is 81.0 cm³/mol. The van der Waals surface area contributed by atoms with Crippen molar-refractivity contribution >= 4 is 38.9 Å². The Bertz CT molecular complexity index is 654. The van der Waals surface area contributed by atoms with Crippen molar-refractivity contribution in [3.63, 3.8) is 0 Å². The highest BCUT2D eigenvalue weighted by atomic mass is 79.9. The number of para-hydroxylation sites is 1. The van der Waals surface area contributed by atoms with Gasteiger partial charge >= 0.3 is 0 Å². The minimum absolute atomic E-state index is 0.0594. The first kappa shape index (κ1) is 12.2. The average Bonchev–Trinajstić information content (AvgIpc) is 2.40. The molecule has 3 nitrogen and oxygen atoms in total. The molecule has 19 heavy (non-hydrogen) atoms. The zero-order valence-electron chi connectivity index (χ0n) is 10.5. The number of hydrogen-bond acceptors (Lipinski definition) is 2. The van der Waals surface area contributed by atoms with Crippen LogP contribution >= 0.6 is 15.9 Å². The second-order valence-electron chi connectivity index (χ2n) is 4.53. The van der Waals surface area contributed by atoms with E-state index in [1.807, 2.05) is 49.4 Å². The highest BCUT2D eigenvalue weighted by Gasteiger charge is 2.26. The highest BCUT2D eigenvalue weighted by molar-refractivity contribution is 9.10. The lowest BCUT2D eigenvalue weighted by molar-refractivity contribution is -0.116. The number of halogens is 1. The Morgan fingerprint density at radius 1 is 1.16 bits per heavy atom. The van der Waals surface area contributed by atoms with Crippen molar-refractivity contribution in [2.24, 2.45) is 0 Å². The number of carbonyl (C=O) groups is 1. The molecule has 1 aliphatic rings. The fourth-order valence-corrected chi connectivity index (χ4v) is 2.67. The highest BCUT2D eigenvalue weighted by Crippen LogP contribution is 2.37. The Kier molecular flexibility index (Phi) is 3.03. The van der Waals surface area contributed by atoms with Crippen molar-refractivity contribution in [1.82, 2.24) is 0 Å². The van der Waals surface area contributed by atoms with Gasteiger partial charge in [0, 0.05) is 4.47 Å². The van der Waals surface area contributed by atoms with Crippen LogP contribution in [0, 0.1) is 6.92 Å². The lowest BCUT2D eigenvalue weighted by atomic mass is 10.1. The first-order valence-corrected chi connectivity index (χ1v) is 6.88. The molecular weight excluding hydrogens is 304 g/mol. The quantitative estimate of drug-likeness (QED) is 0.866. The van der Waals surface area contributed by atoms with E-state index >= 15 is 0 Å². The van der Waals surface area contributed by atoms with Crippen LogP contribution in [0.3, 0.4) is 0 Å². The third-order valence-corrected chi connectivity index (χ3v) is 3.73. The number of anilines is 3. The van der Waals surface area contributed by atoms with E-state index in [0.29, 0.717) is 6.54 Å². The number of nitrogens with one attached hydrogen (secondary N) is 1. The molecule has 0 saturated carbocycles. The van der Waals surface area contributed by atoms with E-state index in [-0.39, 0.29) is 5.91 Å². The Hall–Kier alpha value is -1.81. The topological polar surface area (TPSA) is 32.3 Å². The minimum atomic E-state index is 0.0594. The molecule has 3 rings (SSSR count). The number of aryl methyl sites for hydroxylation is 1. The summed E-state index contributed by atoms with van der Waals surface area (Å²) in [7, 11) is 0. The molecule has 0 bridgehead atoms. The standard InChI is InChI=1S/C15H13BrN2O/c1-10-4-2-3-5-13(10)18-14-7-6-11(16)8-12(14)17-9-15(18)19/h2-8,17H,9H2,1H3. The number of rotatable bonds is 1. The Morgan fingerprint density at radius 3 is 2.74 bits per heavy atom. The van der Waals surface area contributed by atoms with E-state index in [9.17, 15) is 4.79 Å². The molecule has 0 fully saturated rings. The summed E-state index contributed by atoms with van der Waals surface area (Å²) in [6.07, 6.45) is 0. The maximum absolute atomic E-state index is 12.2. The second kappa shape index (κ2) is 4.70. The number of nitrogens with zero attached hydrogens (tertiary/aromatic N) is 1. The molecule has 0 aromatic heterocycles. The van der Waals surface area contributed by atoms with Crippen molar-refractivity contribution in [2.45, 2.75) is 6.92 Å².